The molecule has 0 saturated heterocycles. The van der Waals surface area contributed by atoms with Crippen molar-refractivity contribution in [3.05, 3.63) is 94.2 Å². The molecule has 0 atom stereocenters. The van der Waals surface area contributed by atoms with Crippen molar-refractivity contribution in [2.45, 2.75) is 5.25 Å². The molecule has 0 radical (unpaired) electrons. The molecule has 2 aromatic carbocycles. The number of rotatable bonds is 8. The number of esters is 1. The van der Waals surface area contributed by atoms with E-state index in [9.17, 15) is 14.4 Å². The molecule has 3 rings (SSSR count). The van der Waals surface area contributed by atoms with Gasteiger partial charge in [0.25, 0.3) is 0 Å². The van der Waals surface area contributed by atoms with Crippen LogP contribution in [0, 0.1) is 0 Å². The van der Waals surface area contributed by atoms with Crippen molar-refractivity contribution in [2.24, 2.45) is 10.2 Å². The second-order valence-electron chi connectivity index (χ2n) is 6.05. The van der Waals surface area contributed by atoms with E-state index >= 15 is 0 Å². The minimum absolute atomic E-state index is 0.0428. The third-order valence-corrected chi connectivity index (χ3v) is 6.05. The van der Waals surface area contributed by atoms with Crippen molar-refractivity contribution in [1.82, 2.24) is 0 Å². The molecule has 152 valence electrons. The molecular weight excluding hydrogens is 420 g/mol. The van der Waals surface area contributed by atoms with E-state index in [1.807, 2.05) is 60.7 Å². The summed E-state index contributed by atoms with van der Waals surface area (Å²) in [5.41, 5.74) is 2.14. The second-order valence-corrected chi connectivity index (χ2v) is 8.09. The Bertz CT molecular complexity index is 967. The summed E-state index contributed by atoms with van der Waals surface area (Å²) in [6.45, 7) is -0.554. The molecule has 30 heavy (non-hydrogen) atoms. The largest absolute Gasteiger partial charge is 0.455 e. The number of hydrogen-bond donors (Lipinski definition) is 0. The SMILES string of the molecule is O=C(COC(=O)CSC(c1ccccc1)c1ccccc1)N=NC(=O)c1cccs1. The lowest BCUT2D eigenvalue weighted by molar-refractivity contribution is -0.145. The Kier molecular flexibility index (Phi) is 8.05. The number of ether oxygens (including phenoxy) is 1. The van der Waals surface area contributed by atoms with Crippen molar-refractivity contribution in [1.29, 1.82) is 0 Å². The molecule has 0 spiro atoms. The van der Waals surface area contributed by atoms with Crippen LogP contribution in [-0.2, 0) is 14.3 Å². The monoisotopic (exact) mass is 438 g/mol. The zero-order valence-corrected chi connectivity index (χ0v) is 17.5. The molecule has 0 aliphatic rings. The fourth-order valence-corrected chi connectivity index (χ4v) is 4.24. The number of carbonyl (C=O) groups excluding carboxylic acids is 3. The predicted octanol–water partition coefficient (Wildman–Crippen LogP) is 4.93. The molecule has 1 aromatic heterocycles. The standard InChI is InChI=1S/C22H18N2O4S2/c25-19(23-24-22(27)18-12-7-13-29-18)14-28-20(26)15-30-21(16-8-3-1-4-9-16)17-10-5-2-6-11-17/h1-13,21H,14-15H2. The first kappa shape index (κ1) is 21.6. The average molecular weight is 439 g/mol. The minimum atomic E-state index is -0.791. The van der Waals surface area contributed by atoms with E-state index in [1.165, 1.54) is 23.1 Å². The van der Waals surface area contributed by atoms with Crippen LogP contribution in [0.3, 0.4) is 0 Å². The molecule has 3 aromatic rings. The van der Waals surface area contributed by atoms with E-state index in [2.05, 4.69) is 10.2 Å². The van der Waals surface area contributed by atoms with Gasteiger partial charge in [0.2, 0.25) is 0 Å². The Morgan fingerprint density at radius 2 is 1.50 bits per heavy atom. The van der Waals surface area contributed by atoms with Crippen LogP contribution in [0.2, 0.25) is 0 Å². The zero-order valence-electron chi connectivity index (χ0n) is 15.8. The number of azo groups is 1. The Morgan fingerprint density at radius 1 is 0.867 bits per heavy atom. The van der Waals surface area contributed by atoms with Gasteiger partial charge >= 0.3 is 17.8 Å². The molecule has 0 aliphatic carbocycles. The van der Waals surface area contributed by atoms with Crippen LogP contribution in [-0.4, -0.2) is 30.1 Å². The lowest BCUT2D eigenvalue weighted by Gasteiger charge is -2.17. The van der Waals surface area contributed by atoms with Gasteiger partial charge in [0.1, 0.15) is 0 Å². The summed E-state index contributed by atoms with van der Waals surface area (Å²) in [4.78, 5) is 35.9. The molecule has 0 saturated carbocycles. The summed E-state index contributed by atoms with van der Waals surface area (Å²) in [5.74, 6) is -1.87. The van der Waals surface area contributed by atoms with Crippen molar-refractivity contribution in [2.75, 3.05) is 12.4 Å². The van der Waals surface area contributed by atoms with Crippen LogP contribution >= 0.6 is 23.1 Å². The smallest absolute Gasteiger partial charge is 0.316 e. The highest BCUT2D eigenvalue weighted by atomic mass is 32.2. The Balaban J connectivity index is 1.51. The fourth-order valence-electron chi connectivity index (χ4n) is 2.56. The van der Waals surface area contributed by atoms with Gasteiger partial charge in [-0.15, -0.1) is 33.3 Å². The lowest BCUT2D eigenvalue weighted by atomic mass is 10.0. The fraction of sp³-hybridized carbons (Fsp3) is 0.136. The third-order valence-electron chi connectivity index (χ3n) is 3.91. The van der Waals surface area contributed by atoms with Crippen molar-refractivity contribution in [3.8, 4) is 0 Å². The van der Waals surface area contributed by atoms with Crippen LogP contribution < -0.4 is 0 Å². The molecule has 1 heterocycles. The van der Waals surface area contributed by atoms with E-state index in [4.69, 9.17) is 4.74 Å². The van der Waals surface area contributed by atoms with Crippen LogP contribution in [0.4, 0.5) is 0 Å². The predicted molar refractivity (Wildman–Crippen MR) is 117 cm³/mol. The molecule has 2 amide bonds. The van der Waals surface area contributed by atoms with Crippen LogP contribution in [0.1, 0.15) is 26.0 Å². The van der Waals surface area contributed by atoms with Gasteiger partial charge in [0.05, 0.1) is 15.9 Å². The second kappa shape index (κ2) is 11.2. The van der Waals surface area contributed by atoms with E-state index in [-0.39, 0.29) is 11.0 Å². The van der Waals surface area contributed by atoms with E-state index < -0.39 is 24.4 Å². The molecule has 0 unspecified atom stereocenters. The van der Waals surface area contributed by atoms with Gasteiger partial charge in [0, 0.05) is 0 Å². The number of hydrogen-bond acceptors (Lipinski definition) is 6. The van der Waals surface area contributed by atoms with E-state index in [0.717, 1.165) is 11.1 Å². The number of thioether (sulfide) groups is 1. The first-order chi connectivity index (χ1) is 14.6. The molecular formula is C22H18N2O4S2. The minimum Gasteiger partial charge on any atom is -0.455 e. The Hall–Kier alpha value is -3.10. The summed E-state index contributed by atoms with van der Waals surface area (Å²) in [5, 5.41) is 8.33. The maximum Gasteiger partial charge on any atom is 0.316 e. The van der Waals surface area contributed by atoms with Crippen LogP contribution in [0.15, 0.2) is 88.4 Å². The van der Waals surface area contributed by atoms with E-state index in [0.29, 0.717) is 4.88 Å². The van der Waals surface area contributed by atoms with Crippen LogP contribution in [0.25, 0.3) is 0 Å². The highest BCUT2D eigenvalue weighted by Gasteiger charge is 2.17. The number of benzene rings is 2. The van der Waals surface area contributed by atoms with Gasteiger partial charge in [-0.1, -0.05) is 66.7 Å². The van der Waals surface area contributed by atoms with E-state index in [1.54, 1.807) is 17.5 Å². The van der Waals surface area contributed by atoms with Gasteiger partial charge < -0.3 is 4.74 Å². The summed E-state index contributed by atoms with van der Waals surface area (Å²) < 4.78 is 4.98. The topological polar surface area (TPSA) is 85.2 Å². The van der Waals surface area contributed by atoms with Crippen molar-refractivity contribution in [3.63, 3.8) is 0 Å². The van der Waals surface area contributed by atoms with Gasteiger partial charge in [-0.05, 0) is 22.6 Å². The number of carbonyl (C=O) groups is 3. The van der Waals surface area contributed by atoms with Crippen molar-refractivity contribution < 1.29 is 19.1 Å². The summed E-state index contributed by atoms with van der Waals surface area (Å²) in [7, 11) is 0. The third kappa shape index (κ3) is 6.47. The lowest BCUT2D eigenvalue weighted by Crippen LogP contribution is -2.14. The van der Waals surface area contributed by atoms with Crippen LogP contribution in [0.5, 0.6) is 0 Å². The molecule has 0 aliphatic heterocycles. The van der Waals surface area contributed by atoms with Crippen molar-refractivity contribution >= 4 is 40.9 Å². The Morgan fingerprint density at radius 3 is 2.07 bits per heavy atom. The molecule has 0 bridgehead atoms. The normalized spacial score (nSPS) is 11.0. The maximum absolute atomic E-state index is 12.1. The number of amides is 2. The molecule has 0 N–H and O–H groups in total. The summed E-state index contributed by atoms with van der Waals surface area (Å²) in [6.07, 6.45) is 0. The molecule has 8 heteroatoms. The van der Waals surface area contributed by atoms with Gasteiger partial charge in [-0.3, -0.25) is 14.4 Å². The summed E-state index contributed by atoms with van der Waals surface area (Å²) >= 11 is 2.62. The molecule has 0 fully saturated rings. The first-order valence-corrected chi connectivity index (χ1v) is 11.0. The Labute approximate surface area is 182 Å². The highest BCUT2D eigenvalue weighted by Crippen LogP contribution is 2.35. The quantitative estimate of drug-likeness (QED) is 0.368. The maximum atomic E-state index is 12.1. The summed E-state index contributed by atoms with van der Waals surface area (Å²) in [6, 6.07) is 23.0. The zero-order chi connectivity index (χ0) is 21.2. The van der Waals surface area contributed by atoms with Gasteiger partial charge in [0.15, 0.2) is 6.61 Å². The number of nitrogens with zero attached hydrogens (tertiary/aromatic N) is 2. The first-order valence-electron chi connectivity index (χ1n) is 9.03. The highest BCUT2D eigenvalue weighted by molar-refractivity contribution is 8.00. The number of thiophene rings is 1. The average Bonchev–Trinajstić information content (AvgIpc) is 3.33. The van der Waals surface area contributed by atoms with Gasteiger partial charge in [-0.25, -0.2) is 0 Å². The molecule has 6 nitrogen and oxygen atoms in total. The van der Waals surface area contributed by atoms with Gasteiger partial charge in [-0.2, -0.15) is 0 Å².